The lowest BCUT2D eigenvalue weighted by Crippen LogP contribution is -2.46. The molecule has 1 aliphatic rings. The maximum atomic E-state index is 8.59. The molecule has 1 unspecified atom stereocenters. The standard InChI is InChI=1S/C9H17N3/c1-2-12(7-5-10)9-4-3-6-11-8-9/h9,11H,2-4,6-8H2,1H3. The highest BCUT2D eigenvalue weighted by Crippen LogP contribution is 2.08. The van der Waals surface area contributed by atoms with Crippen LogP contribution in [0.15, 0.2) is 0 Å². The lowest BCUT2D eigenvalue weighted by Gasteiger charge is -2.31. The van der Waals surface area contributed by atoms with Gasteiger partial charge in [-0.3, -0.25) is 4.90 Å². The van der Waals surface area contributed by atoms with E-state index in [1.807, 2.05) is 0 Å². The van der Waals surface area contributed by atoms with Crippen molar-refractivity contribution < 1.29 is 0 Å². The highest BCUT2D eigenvalue weighted by atomic mass is 15.2. The second kappa shape index (κ2) is 5.13. The van der Waals surface area contributed by atoms with Crippen molar-refractivity contribution in [3.63, 3.8) is 0 Å². The van der Waals surface area contributed by atoms with Gasteiger partial charge in [-0.15, -0.1) is 0 Å². The van der Waals surface area contributed by atoms with Crippen LogP contribution in [0.2, 0.25) is 0 Å². The number of nitrogens with zero attached hydrogens (tertiary/aromatic N) is 2. The van der Waals surface area contributed by atoms with Gasteiger partial charge < -0.3 is 5.32 Å². The molecule has 1 atom stereocenters. The molecule has 1 rings (SSSR count). The number of nitriles is 1. The molecular formula is C9H17N3. The van der Waals surface area contributed by atoms with E-state index in [1.165, 1.54) is 12.8 Å². The van der Waals surface area contributed by atoms with Crippen LogP contribution in [0.4, 0.5) is 0 Å². The van der Waals surface area contributed by atoms with E-state index in [2.05, 4.69) is 23.2 Å². The van der Waals surface area contributed by atoms with Gasteiger partial charge in [0.15, 0.2) is 0 Å². The molecule has 0 amide bonds. The Morgan fingerprint density at radius 3 is 3.00 bits per heavy atom. The van der Waals surface area contributed by atoms with E-state index in [1.54, 1.807) is 0 Å². The van der Waals surface area contributed by atoms with E-state index in [0.717, 1.165) is 19.6 Å². The highest BCUT2D eigenvalue weighted by Gasteiger charge is 2.18. The van der Waals surface area contributed by atoms with Gasteiger partial charge in [-0.05, 0) is 25.9 Å². The number of rotatable bonds is 3. The average Bonchev–Trinajstić information content (AvgIpc) is 2.15. The van der Waals surface area contributed by atoms with Crippen molar-refractivity contribution in [2.24, 2.45) is 0 Å². The number of likely N-dealkylation sites (N-methyl/N-ethyl adjacent to an activating group) is 1. The van der Waals surface area contributed by atoms with Gasteiger partial charge in [0.2, 0.25) is 0 Å². The Labute approximate surface area is 74.4 Å². The van der Waals surface area contributed by atoms with Crippen LogP contribution in [-0.4, -0.2) is 37.1 Å². The summed E-state index contributed by atoms with van der Waals surface area (Å²) in [6.07, 6.45) is 2.48. The van der Waals surface area contributed by atoms with Crippen molar-refractivity contribution in [2.45, 2.75) is 25.8 Å². The van der Waals surface area contributed by atoms with E-state index in [-0.39, 0.29) is 0 Å². The summed E-state index contributed by atoms with van der Waals surface area (Å²) in [6, 6.07) is 2.80. The van der Waals surface area contributed by atoms with Crippen LogP contribution in [0, 0.1) is 11.3 Å². The smallest absolute Gasteiger partial charge is 0.0868 e. The molecular weight excluding hydrogens is 150 g/mol. The summed E-state index contributed by atoms with van der Waals surface area (Å²) in [5.74, 6) is 0. The minimum atomic E-state index is 0.572. The van der Waals surface area contributed by atoms with Gasteiger partial charge in [0.1, 0.15) is 0 Å². The Kier molecular flexibility index (Phi) is 4.06. The Hall–Kier alpha value is -0.590. The predicted octanol–water partition coefficient (Wildman–Crippen LogP) is 0.584. The summed E-state index contributed by atoms with van der Waals surface area (Å²) >= 11 is 0. The van der Waals surface area contributed by atoms with Crippen LogP contribution in [0.25, 0.3) is 0 Å². The summed E-state index contributed by atoms with van der Waals surface area (Å²) in [4.78, 5) is 2.24. The highest BCUT2D eigenvalue weighted by molar-refractivity contribution is 4.84. The number of hydrogen-bond acceptors (Lipinski definition) is 3. The van der Waals surface area contributed by atoms with Crippen LogP contribution in [-0.2, 0) is 0 Å². The average molecular weight is 167 g/mol. The molecule has 0 aromatic carbocycles. The zero-order chi connectivity index (χ0) is 8.81. The second-order valence-corrected chi connectivity index (χ2v) is 3.22. The van der Waals surface area contributed by atoms with Gasteiger partial charge in [0, 0.05) is 12.6 Å². The predicted molar refractivity (Wildman–Crippen MR) is 48.8 cm³/mol. The molecule has 1 heterocycles. The second-order valence-electron chi connectivity index (χ2n) is 3.22. The zero-order valence-electron chi connectivity index (χ0n) is 7.71. The molecule has 1 N–H and O–H groups in total. The fraction of sp³-hybridized carbons (Fsp3) is 0.889. The van der Waals surface area contributed by atoms with Crippen molar-refractivity contribution in [1.29, 1.82) is 5.26 Å². The maximum absolute atomic E-state index is 8.59. The molecule has 1 aliphatic heterocycles. The first-order chi connectivity index (χ1) is 5.88. The first kappa shape index (κ1) is 9.50. The van der Waals surface area contributed by atoms with Gasteiger partial charge in [-0.1, -0.05) is 6.92 Å². The quantitative estimate of drug-likeness (QED) is 0.625. The SMILES string of the molecule is CCN(CC#N)C1CCCNC1. The molecule has 3 nitrogen and oxygen atoms in total. The van der Waals surface area contributed by atoms with Crippen molar-refractivity contribution in [2.75, 3.05) is 26.2 Å². The Balaban J connectivity index is 2.36. The Bertz CT molecular complexity index is 156. The van der Waals surface area contributed by atoms with Crippen molar-refractivity contribution in [3.8, 4) is 6.07 Å². The fourth-order valence-electron chi connectivity index (χ4n) is 1.74. The lowest BCUT2D eigenvalue weighted by atomic mass is 10.1. The summed E-state index contributed by atoms with van der Waals surface area (Å²) in [5, 5.41) is 11.9. The maximum Gasteiger partial charge on any atom is 0.0868 e. The van der Waals surface area contributed by atoms with Crippen LogP contribution in [0.1, 0.15) is 19.8 Å². The van der Waals surface area contributed by atoms with Crippen LogP contribution in [0.3, 0.4) is 0 Å². The van der Waals surface area contributed by atoms with Gasteiger partial charge in [-0.25, -0.2) is 0 Å². The zero-order valence-corrected chi connectivity index (χ0v) is 7.71. The van der Waals surface area contributed by atoms with E-state index in [4.69, 9.17) is 5.26 Å². The lowest BCUT2D eigenvalue weighted by molar-refractivity contribution is 0.194. The van der Waals surface area contributed by atoms with Crippen molar-refractivity contribution in [3.05, 3.63) is 0 Å². The molecule has 0 spiro atoms. The third-order valence-corrected chi connectivity index (χ3v) is 2.47. The topological polar surface area (TPSA) is 39.1 Å². The molecule has 0 aliphatic carbocycles. The van der Waals surface area contributed by atoms with Crippen molar-refractivity contribution >= 4 is 0 Å². The molecule has 0 radical (unpaired) electrons. The number of nitrogens with one attached hydrogen (secondary N) is 1. The third kappa shape index (κ3) is 2.47. The largest absolute Gasteiger partial charge is 0.315 e. The molecule has 0 bridgehead atoms. The van der Waals surface area contributed by atoms with Gasteiger partial charge in [-0.2, -0.15) is 5.26 Å². The molecule has 12 heavy (non-hydrogen) atoms. The normalized spacial score (nSPS) is 23.9. The summed E-state index contributed by atoms with van der Waals surface area (Å²) in [6.45, 7) is 5.87. The summed E-state index contributed by atoms with van der Waals surface area (Å²) < 4.78 is 0. The number of hydrogen-bond donors (Lipinski definition) is 1. The molecule has 1 fully saturated rings. The number of piperidine rings is 1. The van der Waals surface area contributed by atoms with E-state index in [9.17, 15) is 0 Å². The van der Waals surface area contributed by atoms with E-state index >= 15 is 0 Å². The van der Waals surface area contributed by atoms with Gasteiger partial charge in [0.05, 0.1) is 12.6 Å². The summed E-state index contributed by atoms with van der Waals surface area (Å²) in [7, 11) is 0. The Morgan fingerprint density at radius 1 is 1.67 bits per heavy atom. The monoisotopic (exact) mass is 167 g/mol. The molecule has 0 saturated carbocycles. The minimum absolute atomic E-state index is 0.572. The van der Waals surface area contributed by atoms with Crippen molar-refractivity contribution in [1.82, 2.24) is 10.2 Å². The van der Waals surface area contributed by atoms with Crippen LogP contribution in [0.5, 0.6) is 0 Å². The third-order valence-electron chi connectivity index (χ3n) is 2.47. The molecule has 0 aromatic rings. The first-order valence-corrected chi connectivity index (χ1v) is 4.70. The molecule has 3 heteroatoms. The van der Waals surface area contributed by atoms with E-state index in [0.29, 0.717) is 12.6 Å². The van der Waals surface area contributed by atoms with Gasteiger partial charge in [0.25, 0.3) is 0 Å². The van der Waals surface area contributed by atoms with Crippen LogP contribution >= 0.6 is 0 Å². The first-order valence-electron chi connectivity index (χ1n) is 4.70. The molecule has 1 saturated heterocycles. The minimum Gasteiger partial charge on any atom is -0.315 e. The van der Waals surface area contributed by atoms with Gasteiger partial charge >= 0.3 is 0 Å². The van der Waals surface area contributed by atoms with E-state index < -0.39 is 0 Å². The summed E-state index contributed by atoms with van der Waals surface area (Å²) in [5.41, 5.74) is 0. The Morgan fingerprint density at radius 2 is 2.50 bits per heavy atom. The fourth-order valence-corrected chi connectivity index (χ4v) is 1.74. The molecule has 0 aromatic heterocycles. The van der Waals surface area contributed by atoms with Crippen LogP contribution < -0.4 is 5.32 Å². The molecule has 68 valence electrons.